The van der Waals surface area contributed by atoms with Crippen LogP contribution in [-0.4, -0.2) is 45.2 Å². The van der Waals surface area contributed by atoms with Crippen molar-refractivity contribution in [1.29, 1.82) is 0 Å². The molecule has 6 rings (SSSR count). The third-order valence-electron chi connectivity index (χ3n) is 9.06. The molecule has 3 unspecified atom stereocenters. The molecule has 10 heteroatoms. The Morgan fingerprint density at radius 3 is 2.70 bits per heavy atom. The van der Waals surface area contributed by atoms with Crippen molar-refractivity contribution >= 4 is 46.8 Å². The Morgan fingerprint density at radius 1 is 1.20 bits per heavy atom. The molecule has 1 N–H and O–H groups in total. The summed E-state index contributed by atoms with van der Waals surface area (Å²) in [5.74, 6) is 1.38. The molecule has 3 heterocycles. The van der Waals surface area contributed by atoms with Gasteiger partial charge in [0.25, 0.3) is 5.91 Å². The molecule has 3 atom stereocenters. The van der Waals surface area contributed by atoms with Crippen LogP contribution in [0.25, 0.3) is 0 Å². The zero-order chi connectivity index (χ0) is 28.0. The summed E-state index contributed by atoms with van der Waals surface area (Å²) >= 11 is 3.01. The largest absolute Gasteiger partial charge is 0.454 e. The molecule has 8 nitrogen and oxygen atoms in total. The molecule has 1 saturated heterocycles. The van der Waals surface area contributed by atoms with Crippen LogP contribution in [0.2, 0.25) is 0 Å². The minimum absolute atomic E-state index is 0.183. The maximum absolute atomic E-state index is 13.2. The predicted octanol–water partition coefficient (Wildman–Crippen LogP) is 5.35. The van der Waals surface area contributed by atoms with Gasteiger partial charge in [-0.25, -0.2) is 9.78 Å². The van der Waals surface area contributed by atoms with Crippen molar-refractivity contribution in [3.63, 3.8) is 0 Å². The summed E-state index contributed by atoms with van der Waals surface area (Å²) in [6.45, 7) is 4.80. The van der Waals surface area contributed by atoms with Gasteiger partial charge in [-0.1, -0.05) is 19.9 Å². The van der Waals surface area contributed by atoms with Gasteiger partial charge in [-0.2, -0.15) is 0 Å². The summed E-state index contributed by atoms with van der Waals surface area (Å²) in [7, 11) is 0. The Kier molecular flexibility index (Phi) is 7.50. The zero-order valence-corrected chi connectivity index (χ0v) is 24.6. The number of thioether (sulfide) groups is 1. The second-order valence-electron chi connectivity index (χ2n) is 12.0. The quantitative estimate of drug-likeness (QED) is 0.267. The SMILES string of the molecule is CCC1(OC(=O)c2csc(CSc3cccc4c3CN(C3CCC(=O)NC3=O)C4=O)n2)CC2CC(C)CC(C2)C1. The number of carbonyl (C=O) groups is 4. The van der Waals surface area contributed by atoms with Crippen LogP contribution in [-0.2, 0) is 26.6 Å². The first-order chi connectivity index (χ1) is 19.2. The van der Waals surface area contributed by atoms with Gasteiger partial charge in [0, 0.05) is 28.8 Å². The molecule has 2 aliphatic heterocycles. The standard InChI is InChI=1S/C30H35N3O5S2/c1-3-30(12-18-9-17(2)10-19(11-18)13-30)38-29(37)22-15-40-26(31-22)16-39-24-6-4-5-20-21(24)14-33(28(20)36)23-7-8-25(34)32-27(23)35/h4-6,15,17-19,23H,3,7-14,16H2,1-2H3,(H,32,34,35). The molecule has 212 valence electrons. The number of amides is 3. The molecule has 1 aromatic carbocycles. The summed E-state index contributed by atoms with van der Waals surface area (Å²) in [5.41, 5.74) is 1.47. The maximum atomic E-state index is 13.2. The molecule has 3 fully saturated rings. The average Bonchev–Trinajstić information content (AvgIpc) is 3.52. The van der Waals surface area contributed by atoms with E-state index in [1.807, 2.05) is 12.1 Å². The van der Waals surface area contributed by atoms with Crippen molar-refractivity contribution < 1.29 is 23.9 Å². The Hall–Kier alpha value is -2.72. The number of nitrogens with zero attached hydrogens (tertiary/aromatic N) is 2. The van der Waals surface area contributed by atoms with Gasteiger partial charge in [0.1, 0.15) is 16.7 Å². The van der Waals surface area contributed by atoms with E-state index < -0.39 is 11.9 Å². The van der Waals surface area contributed by atoms with Crippen LogP contribution in [0.4, 0.5) is 0 Å². The van der Waals surface area contributed by atoms with E-state index in [9.17, 15) is 19.2 Å². The van der Waals surface area contributed by atoms with Crippen LogP contribution < -0.4 is 5.32 Å². The number of rotatable bonds is 7. The van der Waals surface area contributed by atoms with E-state index in [-0.39, 0.29) is 29.8 Å². The summed E-state index contributed by atoms with van der Waals surface area (Å²) in [6, 6.07) is 4.97. The van der Waals surface area contributed by atoms with Gasteiger partial charge < -0.3 is 9.64 Å². The highest BCUT2D eigenvalue weighted by atomic mass is 32.2. The molecule has 2 aliphatic carbocycles. The van der Waals surface area contributed by atoms with Crippen molar-refractivity contribution in [2.75, 3.05) is 0 Å². The van der Waals surface area contributed by atoms with E-state index in [0.29, 0.717) is 41.8 Å². The molecule has 3 amide bonds. The number of benzene rings is 1. The number of imide groups is 1. The van der Waals surface area contributed by atoms with E-state index in [1.165, 1.54) is 30.6 Å². The minimum atomic E-state index is -0.637. The number of fused-ring (bicyclic) bond motifs is 3. The Labute approximate surface area is 242 Å². The monoisotopic (exact) mass is 581 g/mol. The van der Waals surface area contributed by atoms with E-state index in [1.54, 1.807) is 28.1 Å². The zero-order valence-electron chi connectivity index (χ0n) is 22.9. The van der Waals surface area contributed by atoms with Crippen molar-refractivity contribution in [2.45, 2.75) is 94.1 Å². The first kappa shape index (κ1) is 27.4. The molecule has 2 aromatic rings. The Morgan fingerprint density at radius 2 is 1.98 bits per heavy atom. The number of thiazole rings is 1. The fourth-order valence-corrected chi connectivity index (χ4v) is 9.23. The number of hydrogen-bond donors (Lipinski definition) is 1. The second kappa shape index (κ2) is 10.9. The Bertz CT molecular complexity index is 1340. The molecule has 40 heavy (non-hydrogen) atoms. The lowest BCUT2D eigenvalue weighted by molar-refractivity contribution is -0.136. The highest BCUT2D eigenvalue weighted by Crippen LogP contribution is 2.49. The fourth-order valence-electron chi connectivity index (χ4n) is 7.36. The van der Waals surface area contributed by atoms with Gasteiger partial charge in [0.2, 0.25) is 11.8 Å². The van der Waals surface area contributed by atoms with Crippen LogP contribution in [0.15, 0.2) is 28.5 Å². The molecule has 4 aliphatic rings. The maximum Gasteiger partial charge on any atom is 0.358 e. The number of esters is 1. The summed E-state index contributed by atoms with van der Waals surface area (Å²) < 4.78 is 6.22. The smallest absolute Gasteiger partial charge is 0.358 e. The number of nitrogens with one attached hydrogen (secondary N) is 1. The van der Waals surface area contributed by atoms with Crippen LogP contribution in [0.3, 0.4) is 0 Å². The lowest BCUT2D eigenvalue weighted by Crippen LogP contribution is -2.52. The number of piperidine rings is 1. The van der Waals surface area contributed by atoms with Crippen molar-refractivity contribution in [3.8, 4) is 0 Å². The fraction of sp³-hybridized carbons (Fsp3) is 0.567. The number of ether oxygens (including phenoxy) is 1. The summed E-state index contributed by atoms with van der Waals surface area (Å²) in [4.78, 5) is 57.4. The molecule has 0 spiro atoms. The van der Waals surface area contributed by atoms with E-state index in [4.69, 9.17) is 4.74 Å². The first-order valence-corrected chi connectivity index (χ1v) is 16.2. The van der Waals surface area contributed by atoms with E-state index in [0.717, 1.165) is 40.6 Å². The average molecular weight is 582 g/mol. The third-order valence-corrected chi connectivity index (χ3v) is 11.2. The van der Waals surface area contributed by atoms with Crippen LogP contribution in [0.1, 0.15) is 96.6 Å². The van der Waals surface area contributed by atoms with Gasteiger partial charge in [-0.3, -0.25) is 19.7 Å². The normalized spacial score (nSPS) is 29.8. The van der Waals surface area contributed by atoms with Gasteiger partial charge in [0.05, 0.1) is 5.75 Å². The first-order valence-electron chi connectivity index (χ1n) is 14.3. The molecular weight excluding hydrogens is 546 g/mol. The number of hydrogen-bond acceptors (Lipinski definition) is 8. The molecule has 1 aromatic heterocycles. The van der Waals surface area contributed by atoms with Crippen molar-refractivity contribution in [3.05, 3.63) is 45.4 Å². The number of aromatic nitrogens is 1. The topological polar surface area (TPSA) is 106 Å². The lowest BCUT2D eigenvalue weighted by Gasteiger charge is -2.47. The second-order valence-corrected chi connectivity index (χ2v) is 13.9. The van der Waals surface area contributed by atoms with Gasteiger partial charge in [0.15, 0.2) is 5.69 Å². The van der Waals surface area contributed by atoms with Gasteiger partial charge >= 0.3 is 5.97 Å². The van der Waals surface area contributed by atoms with Crippen LogP contribution in [0.5, 0.6) is 0 Å². The minimum Gasteiger partial charge on any atom is -0.454 e. The van der Waals surface area contributed by atoms with E-state index >= 15 is 0 Å². The lowest BCUT2D eigenvalue weighted by atomic mass is 9.62. The predicted molar refractivity (Wildman–Crippen MR) is 152 cm³/mol. The number of carbonyl (C=O) groups excluding carboxylic acids is 4. The molecule has 0 radical (unpaired) electrons. The van der Waals surface area contributed by atoms with Crippen molar-refractivity contribution in [1.82, 2.24) is 15.2 Å². The summed E-state index contributed by atoms with van der Waals surface area (Å²) in [5, 5.41) is 4.96. The van der Waals surface area contributed by atoms with Crippen LogP contribution >= 0.6 is 23.1 Å². The third kappa shape index (κ3) is 5.32. The van der Waals surface area contributed by atoms with E-state index in [2.05, 4.69) is 24.1 Å². The highest BCUT2D eigenvalue weighted by Gasteiger charge is 2.45. The van der Waals surface area contributed by atoms with Crippen LogP contribution in [0, 0.1) is 17.8 Å². The molecular formula is C30H35N3O5S2. The van der Waals surface area contributed by atoms with Crippen molar-refractivity contribution in [2.24, 2.45) is 17.8 Å². The molecule has 2 bridgehead atoms. The molecule has 2 saturated carbocycles. The van der Waals surface area contributed by atoms with Gasteiger partial charge in [-0.05, 0) is 80.4 Å². The Balaban J connectivity index is 1.10. The highest BCUT2D eigenvalue weighted by molar-refractivity contribution is 7.98. The summed E-state index contributed by atoms with van der Waals surface area (Å²) in [6.07, 6.45) is 7.04. The van der Waals surface area contributed by atoms with Gasteiger partial charge in [-0.15, -0.1) is 23.1 Å².